The molecule has 148 valence electrons. The first-order valence-electron chi connectivity index (χ1n) is 9.74. The van der Waals surface area contributed by atoms with E-state index in [2.05, 4.69) is 29.8 Å². The van der Waals surface area contributed by atoms with Crippen LogP contribution in [0.1, 0.15) is 19.5 Å². The minimum atomic E-state index is 0.0257. The quantitative estimate of drug-likeness (QED) is 0.624. The fourth-order valence-corrected chi connectivity index (χ4v) is 4.47. The van der Waals surface area contributed by atoms with Crippen LogP contribution in [0.25, 0.3) is 12.2 Å². The molecule has 3 heterocycles. The van der Waals surface area contributed by atoms with Gasteiger partial charge >= 0.3 is 0 Å². The van der Waals surface area contributed by atoms with Crippen LogP contribution in [0.5, 0.6) is 5.75 Å². The van der Waals surface area contributed by atoms with Crippen molar-refractivity contribution in [1.29, 1.82) is 0 Å². The predicted molar refractivity (Wildman–Crippen MR) is 117 cm³/mol. The molecule has 0 unspecified atom stereocenters. The van der Waals surface area contributed by atoms with Crippen LogP contribution in [-0.2, 0) is 13.1 Å². The third-order valence-electron chi connectivity index (χ3n) is 4.99. The van der Waals surface area contributed by atoms with E-state index in [1.807, 2.05) is 72.0 Å². The number of ether oxygens (including phenoxy) is 1. The Morgan fingerprint density at radius 3 is 2.66 bits per heavy atom. The Bertz CT molecular complexity index is 1250. The first-order valence-corrected chi connectivity index (χ1v) is 10.6. The molecule has 1 aliphatic rings. The summed E-state index contributed by atoms with van der Waals surface area (Å²) in [7, 11) is 1.96. The second kappa shape index (κ2) is 8.09. The van der Waals surface area contributed by atoms with Gasteiger partial charge in [-0.25, -0.2) is 0 Å². The molecule has 1 aliphatic heterocycles. The van der Waals surface area contributed by atoms with Crippen molar-refractivity contribution in [2.24, 2.45) is 0 Å². The lowest BCUT2D eigenvalue weighted by molar-refractivity contribution is -0.695. The van der Waals surface area contributed by atoms with Crippen molar-refractivity contribution < 1.29 is 9.30 Å². The zero-order chi connectivity index (χ0) is 20.4. The highest BCUT2D eigenvalue weighted by Gasteiger charge is 2.21. The third-order valence-corrected chi connectivity index (χ3v) is 6.07. The Morgan fingerprint density at radius 2 is 1.90 bits per heavy atom. The van der Waals surface area contributed by atoms with Crippen molar-refractivity contribution in [2.75, 3.05) is 11.9 Å². The minimum absolute atomic E-state index is 0.0257. The maximum absolute atomic E-state index is 12.9. The van der Waals surface area contributed by atoms with E-state index in [4.69, 9.17) is 4.74 Å². The van der Waals surface area contributed by atoms with Gasteiger partial charge in [0, 0.05) is 37.9 Å². The van der Waals surface area contributed by atoms with Crippen LogP contribution < -0.4 is 29.0 Å². The summed E-state index contributed by atoms with van der Waals surface area (Å²) in [6.45, 7) is 5.62. The number of anilines is 1. The van der Waals surface area contributed by atoms with Crippen LogP contribution in [0, 0.1) is 0 Å². The number of nitrogens with zero attached hydrogens (tertiary/aromatic N) is 3. The highest BCUT2D eigenvalue weighted by atomic mass is 32.1. The summed E-state index contributed by atoms with van der Waals surface area (Å²) >= 11 is 1.50. The third kappa shape index (κ3) is 3.63. The Hall–Kier alpha value is -3.12. The number of hydrogen-bond acceptors (Lipinski definition) is 4. The molecule has 3 aromatic rings. The molecule has 29 heavy (non-hydrogen) atoms. The van der Waals surface area contributed by atoms with Gasteiger partial charge in [-0.15, -0.1) is 11.3 Å². The Balaban J connectivity index is 1.77. The van der Waals surface area contributed by atoms with Crippen LogP contribution in [-0.4, -0.2) is 11.6 Å². The molecule has 1 aromatic carbocycles. The van der Waals surface area contributed by atoms with Crippen molar-refractivity contribution in [3.8, 4) is 5.75 Å². The van der Waals surface area contributed by atoms with Gasteiger partial charge in [-0.2, -0.15) is 4.57 Å². The highest BCUT2D eigenvalue weighted by Crippen LogP contribution is 2.37. The molecule has 0 spiro atoms. The molecule has 0 atom stereocenters. The summed E-state index contributed by atoms with van der Waals surface area (Å²) in [5.41, 5.74) is 2.13. The van der Waals surface area contributed by atoms with Crippen molar-refractivity contribution in [3.63, 3.8) is 0 Å². The summed E-state index contributed by atoms with van der Waals surface area (Å²) in [4.78, 5) is 14.9. The molecule has 0 aliphatic carbocycles. The topological polar surface area (TPSA) is 38.4 Å². The van der Waals surface area contributed by atoms with Crippen LogP contribution in [0.4, 0.5) is 5.69 Å². The molecule has 0 saturated carbocycles. The fraction of sp³-hybridized carbons (Fsp3) is 0.217. The molecule has 0 radical (unpaired) electrons. The molecule has 0 bridgehead atoms. The van der Waals surface area contributed by atoms with Crippen LogP contribution in [0.2, 0.25) is 0 Å². The largest absolute Gasteiger partial charge is 0.439 e. The average molecular weight is 407 g/mol. The lowest BCUT2D eigenvalue weighted by atomic mass is 10.3. The van der Waals surface area contributed by atoms with E-state index in [-0.39, 0.29) is 5.56 Å². The van der Waals surface area contributed by atoms with Crippen molar-refractivity contribution in [2.45, 2.75) is 26.9 Å². The minimum Gasteiger partial charge on any atom is -0.439 e. The van der Waals surface area contributed by atoms with Gasteiger partial charge < -0.3 is 9.64 Å². The number of thiazole rings is 1. The van der Waals surface area contributed by atoms with E-state index >= 15 is 0 Å². The summed E-state index contributed by atoms with van der Waals surface area (Å²) in [6.07, 6.45) is 7.85. The number of allylic oxidation sites excluding steroid dienone is 1. The monoisotopic (exact) mass is 406 g/mol. The van der Waals surface area contributed by atoms with Gasteiger partial charge in [0.1, 0.15) is 11.2 Å². The Labute approximate surface area is 173 Å². The van der Waals surface area contributed by atoms with Gasteiger partial charge in [-0.05, 0) is 38.1 Å². The number of para-hydroxylation sites is 2. The van der Waals surface area contributed by atoms with Gasteiger partial charge in [0.2, 0.25) is 5.69 Å². The van der Waals surface area contributed by atoms with E-state index in [9.17, 15) is 4.79 Å². The van der Waals surface area contributed by atoms with Crippen LogP contribution in [0.15, 0.2) is 65.4 Å². The van der Waals surface area contributed by atoms with Gasteiger partial charge in [-0.3, -0.25) is 9.36 Å². The maximum Gasteiger partial charge on any atom is 0.269 e. The van der Waals surface area contributed by atoms with Crippen LogP contribution in [0.3, 0.4) is 0 Å². The van der Waals surface area contributed by atoms with Gasteiger partial charge in [0.15, 0.2) is 17.8 Å². The predicted octanol–water partition coefficient (Wildman–Crippen LogP) is 2.22. The molecule has 4 rings (SSSR count). The summed E-state index contributed by atoms with van der Waals surface area (Å²) in [5, 5.41) is 0. The number of aryl methyl sites for hydroxylation is 1. The maximum atomic E-state index is 12.9. The number of hydrogen-bond donors (Lipinski definition) is 0. The smallest absolute Gasteiger partial charge is 0.269 e. The number of pyridine rings is 1. The molecule has 0 saturated heterocycles. The normalized spacial score (nSPS) is 15.8. The van der Waals surface area contributed by atoms with Crippen molar-refractivity contribution >= 4 is 29.2 Å². The molecule has 6 heteroatoms. The number of fused-ring (bicyclic) bond motifs is 1. The second-order valence-electron chi connectivity index (χ2n) is 6.71. The van der Waals surface area contributed by atoms with E-state index in [0.29, 0.717) is 17.0 Å². The lowest BCUT2D eigenvalue weighted by Crippen LogP contribution is -2.36. The van der Waals surface area contributed by atoms with Gasteiger partial charge in [0.05, 0.1) is 10.2 Å². The molecule has 0 fully saturated rings. The summed E-state index contributed by atoms with van der Waals surface area (Å²) in [5.74, 6) is 1.54. The molecule has 0 amide bonds. The molecule has 2 aromatic heterocycles. The van der Waals surface area contributed by atoms with E-state index in [0.717, 1.165) is 28.3 Å². The first-order chi connectivity index (χ1) is 14.1. The molecule has 0 N–H and O–H groups in total. The first kappa shape index (κ1) is 19.2. The van der Waals surface area contributed by atoms with Gasteiger partial charge in [-0.1, -0.05) is 12.1 Å². The zero-order valence-corrected chi connectivity index (χ0v) is 17.6. The summed E-state index contributed by atoms with van der Waals surface area (Å²) < 4.78 is 11.5. The number of benzene rings is 1. The Morgan fingerprint density at radius 1 is 1.10 bits per heavy atom. The van der Waals surface area contributed by atoms with E-state index < -0.39 is 0 Å². The van der Waals surface area contributed by atoms with Gasteiger partial charge in [0.25, 0.3) is 5.56 Å². The second-order valence-corrected chi connectivity index (χ2v) is 7.77. The van der Waals surface area contributed by atoms with E-state index in [1.54, 1.807) is 0 Å². The fourth-order valence-electron chi connectivity index (χ4n) is 3.40. The SMILES string of the molecule is CCn1c(=O)/c(=C/C=C2\Oc3ccccc3N2C)s/c1=C\c1cccc[n+]1CC. The molecular weight excluding hydrogens is 382 g/mol. The van der Waals surface area contributed by atoms with Crippen molar-refractivity contribution in [3.05, 3.63) is 85.9 Å². The number of aromatic nitrogens is 2. The summed E-state index contributed by atoms with van der Waals surface area (Å²) in [6, 6.07) is 14.0. The molecular formula is C23H24N3O2S+. The lowest BCUT2D eigenvalue weighted by Gasteiger charge is -2.09. The zero-order valence-electron chi connectivity index (χ0n) is 16.8. The van der Waals surface area contributed by atoms with Crippen molar-refractivity contribution in [1.82, 2.24) is 4.57 Å². The average Bonchev–Trinajstić information content (AvgIpc) is 3.23. The Kier molecular flexibility index (Phi) is 5.36. The standard InChI is InChI=1S/C23H24N3O2S/c1-4-25-15-9-8-10-17(25)16-22-26(5-2)23(27)20(29-22)13-14-21-24(3)18-11-6-7-12-19(18)28-21/h6-16H,4-5H2,1-3H3/q+1/b20-13-,21-14-. The molecule has 5 nitrogen and oxygen atoms in total. The number of rotatable bonds is 4. The van der Waals surface area contributed by atoms with Crippen LogP contribution >= 0.6 is 11.3 Å². The highest BCUT2D eigenvalue weighted by molar-refractivity contribution is 7.07. The van der Waals surface area contributed by atoms with E-state index in [1.165, 1.54) is 11.3 Å².